The van der Waals surface area contributed by atoms with Crippen molar-refractivity contribution in [1.29, 1.82) is 0 Å². The number of hydrogen-bond acceptors (Lipinski definition) is 2. The van der Waals surface area contributed by atoms with Crippen molar-refractivity contribution in [3.8, 4) is 0 Å². The van der Waals surface area contributed by atoms with Crippen LogP contribution in [-0.2, 0) is 6.54 Å². The quantitative estimate of drug-likeness (QED) is 0.751. The Bertz CT molecular complexity index is 869. The Morgan fingerprint density at radius 2 is 1.65 bits per heavy atom. The number of aliphatic imine (C=N–C) groups is 1. The number of allylic oxidation sites excluding steroid dienone is 5. The molecule has 0 amide bonds. The van der Waals surface area contributed by atoms with E-state index in [0.29, 0.717) is 0 Å². The molecule has 0 saturated heterocycles. The van der Waals surface area contributed by atoms with E-state index in [-0.39, 0.29) is 0 Å². The Hall–Kier alpha value is -2.42. The maximum atomic E-state index is 6.53. The van der Waals surface area contributed by atoms with Crippen LogP contribution in [0.5, 0.6) is 0 Å². The average Bonchev–Trinajstić information content (AvgIpc) is 2.67. The molecule has 0 aromatic heterocycles. The highest BCUT2D eigenvalue weighted by Gasteiger charge is 2.13. The van der Waals surface area contributed by atoms with Crippen LogP contribution in [0.25, 0.3) is 5.57 Å². The SMILES string of the molecule is CCN=C1C=CC(=C(c2ccc(CNC)cc2)c2ccccc2Cl)C=C1. The van der Waals surface area contributed by atoms with Gasteiger partial charge < -0.3 is 5.32 Å². The van der Waals surface area contributed by atoms with Gasteiger partial charge >= 0.3 is 0 Å². The van der Waals surface area contributed by atoms with Crippen LogP contribution in [0, 0.1) is 0 Å². The third-order valence-corrected chi connectivity index (χ3v) is 4.59. The zero-order valence-electron chi connectivity index (χ0n) is 15.2. The number of hydrogen-bond donors (Lipinski definition) is 1. The number of benzene rings is 2. The molecular formula is C23H23ClN2. The Balaban J connectivity index is 2.11. The highest BCUT2D eigenvalue weighted by atomic mass is 35.5. The first-order chi connectivity index (χ1) is 12.7. The number of nitrogens with one attached hydrogen (secondary N) is 1. The van der Waals surface area contributed by atoms with Crippen molar-refractivity contribution in [2.75, 3.05) is 13.6 Å². The van der Waals surface area contributed by atoms with Gasteiger partial charge in [-0.2, -0.15) is 0 Å². The molecule has 3 heteroatoms. The molecule has 0 radical (unpaired) electrons. The van der Waals surface area contributed by atoms with E-state index in [1.807, 2.05) is 32.2 Å². The summed E-state index contributed by atoms with van der Waals surface area (Å²) >= 11 is 6.53. The molecule has 0 aliphatic heterocycles. The predicted octanol–water partition coefficient (Wildman–Crippen LogP) is 5.45. The molecular weight excluding hydrogens is 340 g/mol. The summed E-state index contributed by atoms with van der Waals surface area (Å²) in [4.78, 5) is 4.46. The van der Waals surface area contributed by atoms with E-state index in [9.17, 15) is 0 Å². The van der Waals surface area contributed by atoms with Gasteiger partial charge in [-0.3, -0.25) is 4.99 Å². The molecule has 0 heterocycles. The molecule has 0 fully saturated rings. The molecule has 2 aromatic carbocycles. The fourth-order valence-electron chi connectivity index (χ4n) is 3.05. The van der Waals surface area contributed by atoms with Crippen molar-refractivity contribution in [3.63, 3.8) is 0 Å². The van der Waals surface area contributed by atoms with Crippen LogP contribution in [0.15, 0.2) is 83.4 Å². The van der Waals surface area contributed by atoms with Crippen LogP contribution in [0.1, 0.15) is 23.6 Å². The van der Waals surface area contributed by atoms with Gasteiger partial charge in [-0.05, 0) is 54.5 Å². The van der Waals surface area contributed by atoms with Crippen molar-refractivity contribution in [2.45, 2.75) is 13.5 Å². The minimum absolute atomic E-state index is 0.754. The van der Waals surface area contributed by atoms with E-state index in [2.05, 4.69) is 64.9 Å². The fraction of sp³-hybridized carbons (Fsp3) is 0.174. The summed E-state index contributed by atoms with van der Waals surface area (Å²) in [6, 6.07) is 16.6. The van der Waals surface area contributed by atoms with Crippen LogP contribution in [0.2, 0.25) is 5.02 Å². The van der Waals surface area contributed by atoms with Crippen LogP contribution in [0.4, 0.5) is 0 Å². The second-order valence-electron chi connectivity index (χ2n) is 6.10. The molecule has 26 heavy (non-hydrogen) atoms. The van der Waals surface area contributed by atoms with E-state index < -0.39 is 0 Å². The molecule has 0 atom stereocenters. The normalized spacial score (nSPS) is 13.2. The molecule has 1 aliphatic carbocycles. The van der Waals surface area contributed by atoms with Crippen LogP contribution >= 0.6 is 11.6 Å². The standard InChI is InChI=1S/C23H23ClN2/c1-3-26-20-14-12-19(13-15-20)23(21-6-4-5-7-22(21)24)18-10-8-17(9-11-18)16-25-2/h4-15,25H,3,16H2,1-2H3. The fourth-order valence-corrected chi connectivity index (χ4v) is 3.28. The monoisotopic (exact) mass is 362 g/mol. The second kappa shape index (κ2) is 8.79. The average molecular weight is 363 g/mol. The van der Waals surface area contributed by atoms with Gasteiger partial charge in [0, 0.05) is 23.7 Å². The zero-order chi connectivity index (χ0) is 18.4. The maximum absolute atomic E-state index is 6.53. The molecule has 0 spiro atoms. The molecule has 1 aliphatic rings. The van der Waals surface area contributed by atoms with E-state index in [4.69, 9.17) is 11.6 Å². The van der Waals surface area contributed by atoms with Gasteiger partial charge in [-0.15, -0.1) is 0 Å². The first-order valence-corrected chi connectivity index (χ1v) is 9.24. The van der Waals surface area contributed by atoms with Gasteiger partial charge in [0.25, 0.3) is 0 Å². The Kier molecular flexibility index (Phi) is 6.21. The lowest BCUT2D eigenvalue weighted by Gasteiger charge is -2.16. The smallest absolute Gasteiger partial charge is 0.0574 e. The maximum Gasteiger partial charge on any atom is 0.0574 e. The molecule has 0 saturated carbocycles. The molecule has 0 bridgehead atoms. The van der Waals surface area contributed by atoms with Gasteiger partial charge in [-0.1, -0.05) is 66.2 Å². The van der Waals surface area contributed by atoms with Gasteiger partial charge in [0.05, 0.1) is 5.71 Å². The minimum Gasteiger partial charge on any atom is -0.316 e. The topological polar surface area (TPSA) is 24.4 Å². The molecule has 2 nitrogen and oxygen atoms in total. The first-order valence-electron chi connectivity index (χ1n) is 8.86. The molecule has 2 aromatic rings. The lowest BCUT2D eigenvalue weighted by molar-refractivity contribution is 0.818. The van der Waals surface area contributed by atoms with Crippen molar-refractivity contribution < 1.29 is 0 Å². The number of nitrogens with zero attached hydrogens (tertiary/aromatic N) is 1. The lowest BCUT2D eigenvalue weighted by atomic mass is 9.90. The molecule has 3 rings (SSSR count). The predicted molar refractivity (Wildman–Crippen MR) is 113 cm³/mol. The molecule has 0 unspecified atom stereocenters. The largest absolute Gasteiger partial charge is 0.316 e. The van der Waals surface area contributed by atoms with E-state index >= 15 is 0 Å². The summed E-state index contributed by atoms with van der Waals surface area (Å²) in [5, 5.41) is 3.94. The Labute approximate surface area is 160 Å². The van der Waals surface area contributed by atoms with E-state index in [0.717, 1.165) is 46.1 Å². The van der Waals surface area contributed by atoms with Crippen LogP contribution in [-0.4, -0.2) is 19.3 Å². The first kappa shape index (κ1) is 18.4. The lowest BCUT2D eigenvalue weighted by Crippen LogP contribution is -2.05. The zero-order valence-corrected chi connectivity index (χ0v) is 15.9. The highest BCUT2D eigenvalue weighted by Crippen LogP contribution is 2.33. The Morgan fingerprint density at radius 1 is 0.962 bits per heavy atom. The summed E-state index contributed by atoms with van der Waals surface area (Å²) in [7, 11) is 1.96. The molecule has 1 N–H and O–H groups in total. The van der Waals surface area contributed by atoms with Crippen LogP contribution < -0.4 is 5.32 Å². The minimum atomic E-state index is 0.754. The summed E-state index contributed by atoms with van der Waals surface area (Å²) in [5.41, 5.74) is 6.71. The van der Waals surface area contributed by atoms with E-state index in [1.165, 1.54) is 5.56 Å². The summed E-state index contributed by atoms with van der Waals surface area (Å²) in [5.74, 6) is 0. The third kappa shape index (κ3) is 4.21. The van der Waals surface area contributed by atoms with Gasteiger partial charge in [0.2, 0.25) is 0 Å². The van der Waals surface area contributed by atoms with Crippen molar-refractivity contribution in [1.82, 2.24) is 5.32 Å². The van der Waals surface area contributed by atoms with Gasteiger partial charge in [0.1, 0.15) is 0 Å². The van der Waals surface area contributed by atoms with Gasteiger partial charge in [-0.25, -0.2) is 0 Å². The van der Waals surface area contributed by atoms with Gasteiger partial charge in [0.15, 0.2) is 0 Å². The summed E-state index contributed by atoms with van der Waals surface area (Å²) in [6.45, 7) is 3.68. The summed E-state index contributed by atoms with van der Waals surface area (Å²) < 4.78 is 0. The third-order valence-electron chi connectivity index (χ3n) is 4.26. The van der Waals surface area contributed by atoms with E-state index in [1.54, 1.807) is 0 Å². The second-order valence-corrected chi connectivity index (χ2v) is 6.51. The number of rotatable bonds is 5. The van der Waals surface area contributed by atoms with Crippen molar-refractivity contribution >= 4 is 22.9 Å². The Morgan fingerprint density at radius 3 is 2.27 bits per heavy atom. The highest BCUT2D eigenvalue weighted by molar-refractivity contribution is 6.32. The number of halogens is 1. The van der Waals surface area contributed by atoms with Crippen molar-refractivity contribution in [3.05, 3.63) is 100 Å². The summed E-state index contributed by atoms with van der Waals surface area (Å²) in [6.07, 6.45) is 8.36. The molecule has 132 valence electrons. The van der Waals surface area contributed by atoms with Crippen molar-refractivity contribution in [2.24, 2.45) is 4.99 Å². The van der Waals surface area contributed by atoms with Crippen LogP contribution in [0.3, 0.4) is 0 Å².